The fourth-order valence-corrected chi connectivity index (χ4v) is 2.45. The summed E-state index contributed by atoms with van der Waals surface area (Å²) in [7, 11) is 0. The van der Waals surface area contributed by atoms with Crippen molar-refractivity contribution in [3.05, 3.63) is 16.1 Å². The summed E-state index contributed by atoms with van der Waals surface area (Å²) >= 11 is 1.72. The quantitative estimate of drug-likeness (QED) is 0.635. The van der Waals surface area contributed by atoms with Crippen molar-refractivity contribution in [1.82, 2.24) is 9.88 Å². The van der Waals surface area contributed by atoms with Crippen molar-refractivity contribution in [3.8, 4) is 0 Å². The van der Waals surface area contributed by atoms with E-state index in [4.69, 9.17) is 10.5 Å². The molecule has 5 nitrogen and oxygen atoms in total. The summed E-state index contributed by atoms with van der Waals surface area (Å²) < 4.78 is 5.27. The number of guanidine groups is 1. The van der Waals surface area contributed by atoms with Gasteiger partial charge in [-0.25, -0.2) is 4.98 Å². The van der Waals surface area contributed by atoms with Gasteiger partial charge in [0.2, 0.25) is 0 Å². The van der Waals surface area contributed by atoms with E-state index in [-0.39, 0.29) is 0 Å². The number of rotatable bonds is 3. The Morgan fingerprint density at radius 1 is 1.59 bits per heavy atom. The molecule has 0 atom stereocenters. The van der Waals surface area contributed by atoms with Crippen molar-refractivity contribution >= 4 is 17.3 Å². The average molecular weight is 254 g/mol. The van der Waals surface area contributed by atoms with Crippen molar-refractivity contribution in [2.24, 2.45) is 10.7 Å². The first kappa shape index (κ1) is 12.3. The normalized spacial score (nSPS) is 17.5. The third-order valence-electron chi connectivity index (χ3n) is 2.60. The van der Waals surface area contributed by atoms with Crippen LogP contribution < -0.4 is 5.73 Å². The van der Waals surface area contributed by atoms with Gasteiger partial charge in [0.15, 0.2) is 5.96 Å². The maximum Gasteiger partial charge on any atom is 0.191 e. The number of morpholine rings is 1. The van der Waals surface area contributed by atoms with Crippen LogP contribution in [-0.2, 0) is 11.2 Å². The topological polar surface area (TPSA) is 63.7 Å². The predicted molar refractivity (Wildman–Crippen MR) is 69.4 cm³/mol. The summed E-state index contributed by atoms with van der Waals surface area (Å²) in [4.78, 5) is 12.0. The molecule has 1 fully saturated rings. The molecule has 1 aromatic heterocycles. The maximum atomic E-state index is 5.92. The third kappa shape index (κ3) is 3.67. The van der Waals surface area contributed by atoms with Crippen LogP contribution in [0.5, 0.6) is 0 Å². The molecule has 1 aliphatic rings. The largest absolute Gasteiger partial charge is 0.378 e. The molecule has 1 aromatic rings. The van der Waals surface area contributed by atoms with E-state index in [2.05, 4.69) is 21.8 Å². The van der Waals surface area contributed by atoms with E-state index in [1.165, 1.54) is 4.88 Å². The van der Waals surface area contributed by atoms with Crippen LogP contribution >= 0.6 is 11.3 Å². The highest BCUT2D eigenvalue weighted by Gasteiger charge is 2.11. The number of aryl methyl sites for hydroxylation is 1. The summed E-state index contributed by atoms with van der Waals surface area (Å²) in [6.07, 6.45) is 2.76. The van der Waals surface area contributed by atoms with Gasteiger partial charge in [0, 0.05) is 37.1 Å². The molecule has 0 radical (unpaired) electrons. The molecule has 2 rings (SSSR count). The summed E-state index contributed by atoms with van der Waals surface area (Å²) in [6, 6.07) is 0. The summed E-state index contributed by atoms with van der Waals surface area (Å²) in [5.74, 6) is 0.626. The minimum absolute atomic E-state index is 0.626. The van der Waals surface area contributed by atoms with Gasteiger partial charge in [-0.05, 0) is 6.92 Å². The number of nitrogens with zero attached hydrogens (tertiary/aromatic N) is 3. The number of aliphatic imine (C=N–C) groups is 1. The van der Waals surface area contributed by atoms with Gasteiger partial charge in [-0.2, -0.15) is 0 Å². The van der Waals surface area contributed by atoms with Crippen LogP contribution in [0, 0.1) is 6.92 Å². The van der Waals surface area contributed by atoms with E-state index in [1.807, 2.05) is 6.20 Å². The highest BCUT2D eigenvalue weighted by molar-refractivity contribution is 7.11. The van der Waals surface area contributed by atoms with Gasteiger partial charge < -0.3 is 15.4 Å². The Hall–Kier alpha value is -1.14. The highest BCUT2D eigenvalue weighted by Crippen LogP contribution is 2.11. The molecule has 17 heavy (non-hydrogen) atoms. The molecule has 0 aliphatic carbocycles. The molecule has 0 saturated carbocycles. The van der Waals surface area contributed by atoms with Crippen LogP contribution in [-0.4, -0.2) is 48.7 Å². The SMILES string of the molecule is Cc1cnc(CCN=C(N)N2CCOCC2)s1. The van der Waals surface area contributed by atoms with Gasteiger partial charge in [0.05, 0.1) is 18.2 Å². The Kier molecular flexibility index (Phi) is 4.33. The van der Waals surface area contributed by atoms with E-state index < -0.39 is 0 Å². The Morgan fingerprint density at radius 2 is 2.35 bits per heavy atom. The van der Waals surface area contributed by atoms with E-state index in [0.29, 0.717) is 12.5 Å². The lowest BCUT2D eigenvalue weighted by Crippen LogP contribution is -2.44. The Morgan fingerprint density at radius 3 is 3.00 bits per heavy atom. The molecular weight excluding hydrogens is 236 g/mol. The lowest BCUT2D eigenvalue weighted by atomic mass is 10.4. The molecule has 0 aromatic carbocycles. The van der Waals surface area contributed by atoms with Gasteiger partial charge in [0.1, 0.15) is 0 Å². The molecule has 94 valence electrons. The van der Waals surface area contributed by atoms with E-state index in [0.717, 1.165) is 37.7 Å². The first-order valence-corrected chi connectivity index (χ1v) is 6.61. The number of thiazole rings is 1. The van der Waals surface area contributed by atoms with Crippen LogP contribution in [0.1, 0.15) is 9.88 Å². The zero-order valence-corrected chi connectivity index (χ0v) is 10.9. The third-order valence-corrected chi connectivity index (χ3v) is 3.58. The Bertz CT molecular complexity index is 385. The van der Waals surface area contributed by atoms with E-state index >= 15 is 0 Å². The van der Waals surface area contributed by atoms with Gasteiger partial charge in [0.25, 0.3) is 0 Å². The number of ether oxygens (including phenoxy) is 1. The van der Waals surface area contributed by atoms with Crippen LogP contribution in [0.4, 0.5) is 0 Å². The molecule has 1 saturated heterocycles. The number of hydrogen-bond acceptors (Lipinski definition) is 4. The molecular formula is C11H18N4OS. The lowest BCUT2D eigenvalue weighted by molar-refractivity contribution is 0.0674. The van der Waals surface area contributed by atoms with Crippen molar-refractivity contribution in [2.45, 2.75) is 13.3 Å². The van der Waals surface area contributed by atoms with Gasteiger partial charge in [-0.3, -0.25) is 4.99 Å². The zero-order chi connectivity index (χ0) is 12.1. The first-order valence-electron chi connectivity index (χ1n) is 5.79. The molecule has 0 spiro atoms. The van der Waals surface area contributed by atoms with Crippen LogP contribution in [0.15, 0.2) is 11.2 Å². The number of hydrogen-bond donors (Lipinski definition) is 1. The second-order valence-electron chi connectivity index (χ2n) is 3.95. The number of aromatic nitrogens is 1. The Balaban J connectivity index is 1.79. The van der Waals surface area contributed by atoms with Crippen molar-refractivity contribution in [3.63, 3.8) is 0 Å². The standard InChI is InChI=1S/C11H18N4OS/c1-9-8-14-10(17-9)2-3-13-11(12)15-4-6-16-7-5-15/h8H,2-7H2,1H3,(H2,12,13). The van der Waals surface area contributed by atoms with Gasteiger partial charge >= 0.3 is 0 Å². The monoisotopic (exact) mass is 254 g/mol. The van der Waals surface area contributed by atoms with E-state index in [1.54, 1.807) is 11.3 Å². The van der Waals surface area contributed by atoms with Crippen LogP contribution in [0.3, 0.4) is 0 Å². The molecule has 0 amide bonds. The van der Waals surface area contributed by atoms with Gasteiger partial charge in [-0.1, -0.05) is 0 Å². The molecule has 6 heteroatoms. The average Bonchev–Trinajstić information content (AvgIpc) is 2.76. The molecule has 2 heterocycles. The van der Waals surface area contributed by atoms with Crippen molar-refractivity contribution < 1.29 is 4.74 Å². The summed E-state index contributed by atoms with van der Waals surface area (Å²) in [5, 5.41) is 1.13. The maximum absolute atomic E-state index is 5.92. The molecule has 0 bridgehead atoms. The number of nitrogens with two attached hydrogens (primary N) is 1. The van der Waals surface area contributed by atoms with Gasteiger partial charge in [-0.15, -0.1) is 11.3 Å². The van der Waals surface area contributed by atoms with Crippen molar-refractivity contribution in [2.75, 3.05) is 32.8 Å². The summed E-state index contributed by atoms with van der Waals surface area (Å²) in [6.45, 7) is 5.92. The minimum Gasteiger partial charge on any atom is -0.378 e. The first-order chi connectivity index (χ1) is 8.25. The fourth-order valence-electron chi connectivity index (χ4n) is 1.68. The fraction of sp³-hybridized carbons (Fsp3) is 0.636. The molecule has 1 aliphatic heterocycles. The lowest BCUT2D eigenvalue weighted by Gasteiger charge is -2.27. The highest BCUT2D eigenvalue weighted by atomic mass is 32.1. The van der Waals surface area contributed by atoms with E-state index in [9.17, 15) is 0 Å². The summed E-state index contributed by atoms with van der Waals surface area (Å²) in [5.41, 5.74) is 5.92. The second kappa shape index (κ2) is 5.97. The Labute approximate surface area is 105 Å². The predicted octanol–water partition coefficient (Wildman–Crippen LogP) is 0.641. The van der Waals surface area contributed by atoms with Crippen molar-refractivity contribution in [1.29, 1.82) is 0 Å². The molecule has 2 N–H and O–H groups in total. The smallest absolute Gasteiger partial charge is 0.191 e. The minimum atomic E-state index is 0.626. The molecule has 0 unspecified atom stereocenters. The second-order valence-corrected chi connectivity index (χ2v) is 5.27. The zero-order valence-electron chi connectivity index (χ0n) is 10.1. The van der Waals surface area contributed by atoms with Crippen LogP contribution in [0.25, 0.3) is 0 Å². The van der Waals surface area contributed by atoms with Crippen LogP contribution in [0.2, 0.25) is 0 Å².